The quantitative estimate of drug-likeness (QED) is 0.724. The molecular weight excluding hydrogens is 321 g/mol. The molecular formula is C15H14FN3OS2. The van der Waals surface area contributed by atoms with Gasteiger partial charge in [-0.3, -0.25) is 0 Å². The number of aromatic nitrogens is 2. The Hall–Kier alpha value is -1.83. The molecule has 1 aromatic carbocycles. The van der Waals surface area contributed by atoms with Crippen molar-refractivity contribution in [2.75, 3.05) is 11.9 Å². The van der Waals surface area contributed by atoms with Gasteiger partial charge in [0.1, 0.15) is 10.8 Å². The maximum atomic E-state index is 12.9. The van der Waals surface area contributed by atoms with E-state index in [2.05, 4.69) is 15.5 Å². The molecule has 0 aliphatic carbocycles. The van der Waals surface area contributed by atoms with Crippen molar-refractivity contribution >= 4 is 27.8 Å². The second-order valence-electron chi connectivity index (χ2n) is 4.76. The Morgan fingerprint density at radius 2 is 2.00 bits per heavy atom. The molecule has 2 aromatic heterocycles. The molecule has 0 aliphatic heterocycles. The first-order valence-corrected chi connectivity index (χ1v) is 8.47. The third kappa shape index (κ3) is 3.88. The average molecular weight is 335 g/mol. The number of thiophene rings is 1. The van der Waals surface area contributed by atoms with Crippen LogP contribution >= 0.6 is 22.7 Å². The molecule has 0 fully saturated rings. The first-order chi connectivity index (χ1) is 10.7. The van der Waals surface area contributed by atoms with E-state index in [0.717, 1.165) is 16.1 Å². The second-order valence-corrected chi connectivity index (χ2v) is 6.60. The van der Waals surface area contributed by atoms with Crippen molar-refractivity contribution in [1.82, 2.24) is 10.2 Å². The topological polar surface area (TPSA) is 58.0 Å². The molecule has 4 nitrogen and oxygen atoms in total. The van der Waals surface area contributed by atoms with Crippen molar-refractivity contribution in [3.05, 3.63) is 63.0 Å². The first kappa shape index (κ1) is 15.1. The zero-order valence-corrected chi connectivity index (χ0v) is 13.2. The summed E-state index contributed by atoms with van der Waals surface area (Å²) >= 11 is 2.99. The Morgan fingerprint density at radius 3 is 2.73 bits per heavy atom. The maximum Gasteiger partial charge on any atom is 0.205 e. The number of aliphatic hydroxyl groups excluding tert-OH is 1. The van der Waals surface area contributed by atoms with Gasteiger partial charge >= 0.3 is 0 Å². The van der Waals surface area contributed by atoms with Gasteiger partial charge < -0.3 is 10.4 Å². The molecule has 0 saturated carbocycles. The number of nitrogens with zero attached hydrogens (tertiary/aromatic N) is 2. The minimum atomic E-state index is -0.560. The van der Waals surface area contributed by atoms with Gasteiger partial charge in [-0.15, -0.1) is 10.2 Å². The normalized spacial score (nSPS) is 12.3. The predicted octanol–water partition coefficient (Wildman–Crippen LogP) is 3.48. The highest BCUT2D eigenvalue weighted by Crippen LogP contribution is 2.21. The van der Waals surface area contributed by atoms with Gasteiger partial charge in [-0.2, -0.15) is 11.3 Å². The summed E-state index contributed by atoms with van der Waals surface area (Å²) in [5.41, 5.74) is 1.89. The molecule has 114 valence electrons. The molecule has 0 spiro atoms. The number of rotatable bonds is 6. The Balaban J connectivity index is 1.56. The van der Waals surface area contributed by atoms with Crippen molar-refractivity contribution in [2.45, 2.75) is 12.5 Å². The fraction of sp³-hybridized carbons (Fsp3) is 0.200. The summed E-state index contributed by atoms with van der Waals surface area (Å²) in [6.45, 7) is 0.391. The molecule has 22 heavy (non-hydrogen) atoms. The molecule has 0 amide bonds. The van der Waals surface area contributed by atoms with E-state index in [0.29, 0.717) is 18.1 Å². The summed E-state index contributed by atoms with van der Waals surface area (Å²) in [5.74, 6) is -0.245. The van der Waals surface area contributed by atoms with E-state index in [1.165, 1.54) is 23.5 Å². The van der Waals surface area contributed by atoms with Crippen LogP contribution in [0.2, 0.25) is 0 Å². The van der Waals surface area contributed by atoms with Gasteiger partial charge in [0.25, 0.3) is 0 Å². The minimum Gasteiger partial charge on any atom is -0.387 e. The van der Waals surface area contributed by atoms with E-state index in [9.17, 15) is 9.50 Å². The van der Waals surface area contributed by atoms with Gasteiger partial charge in [-0.25, -0.2) is 4.39 Å². The molecule has 0 aliphatic rings. The number of aliphatic hydroxyl groups is 1. The van der Waals surface area contributed by atoms with Crippen molar-refractivity contribution in [3.63, 3.8) is 0 Å². The molecule has 2 N–H and O–H groups in total. The summed E-state index contributed by atoms with van der Waals surface area (Å²) in [6.07, 6.45) is 0.0582. The van der Waals surface area contributed by atoms with Gasteiger partial charge in [0.05, 0.1) is 6.10 Å². The van der Waals surface area contributed by atoms with Crippen LogP contribution in [0, 0.1) is 5.82 Å². The van der Waals surface area contributed by atoms with Crippen LogP contribution in [0.15, 0.2) is 41.1 Å². The minimum absolute atomic E-state index is 0.245. The highest BCUT2D eigenvalue weighted by atomic mass is 32.1. The summed E-state index contributed by atoms with van der Waals surface area (Å²) in [5, 5.41) is 26.6. The van der Waals surface area contributed by atoms with E-state index in [1.54, 1.807) is 23.5 Å². The number of hydrogen-bond donors (Lipinski definition) is 2. The second kappa shape index (κ2) is 6.95. The lowest BCUT2D eigenvalue weighted by molar-refractivity contribution is 0.192. The van der Waals surface area contributed by atoms with Crippen molar-refractivity contribution in [2.24, 2.45) is 0 Å². The number of hydrogen-bond acceptors (Lipinski definition) is 6. The predicted molar refractivity (Wildman–Crippen MR) is 86.9 cm³/mol. The Labute approximate surface area is 135 Å². The lowest BCUT2D eigenvalue weighted by Crippen LogP contribution is -2.11. The lowest BCUT2D eigenvalue weighted by Gasteiger charge is -2.08. The molecule has 7 heteroatoms. The smallest absolute Gasteiger partial charge is 0.205 e. The molecule has 1 atom stereocenters. The monoisotopic (exact) mass is 335 g/mol. The molecule has 1 unspecified atom stereocenters. The lowest BCUT2D eigenvalue weighted by atomic mass is 10.2. The van der Waals surface area contributed by atoms with Gasteiger partial charge in [0.15, 0.2) is 0 Å². The largest absolute Gasteiger partial charge is 0.387 e. The van der Waals surface area contributed by atoms with Crippen LogP contribution < -0.4 is 5.32 Å². The van der Waals surface area contributed by atoms with Crippen molar-refractivity contribution in [1.29, 1.82) is 0 Å². The van der Waals surface area contributed by atoms with E-state index in [4.69, 9.17) is 0 Å². The fourth-order valence-electron chi connectivity index (χ4n) is 1.94. The Morgan fingerprint density at radius 1 is 1.18 bits per heavy atom. The Kier molecular flexibility index (Phi) is 4.77. The van der Waals surface area contributed by atoms with Gasteiger partial charge in [-0.1, -0.05) is 23.5 Å². The van der Waals surface area contributed by atoms with Crippen LogP contribution in [-0.4, -0.2) is 21.8 Å². The molecule has 0 saturated heterocycles. The van der Waals surface area contributed by atoms with E-state index in [1.807, 2.05) is 16.8 Å². The van der Waals surface area contributed by atoms with Crippen molar-refractivity contribution < 1.29 is 9.50 Å². The summed E-state index contributed by atoms with van der Waals surface area (Å²) in [4.78, 5) is 0. The summed E-state index contributed by atoms with van der Waals surface area (Å²) < 4.78 is 12.9. The average Bonchev–Trinajstić information content (AvgIpc) is 3.19. The standard InChI is InChI=1S/C15H14FN3OS2/c16-12-3-1-10(2-4-12)7-14-18-19-15(22-14)17-8-13(20)11-5-6-21-9-11/h1-6,9,13,20H,7-8H2,(H,17,19). The number of halogens is 1. The summed E-state index contributed by atoms with van der Waals surface area (Å²) in [7, 11) is 0. The third-order valence-electron chi connectivity index (χ3n) is 3.11. The fourth-order valence-corrected chi connectivity index (χ4v) is 3.43. The molecule has 3 rings (SSSR count). The van der Waals surface area contributed by atoms with Crippen LogP contribution in [-0.2, 0) is 6.42 Å². The van der Waals surface area contributed by atoms with Crippen LogP contribution in [0.1, 0.15) is 22.2 Å². The third-order valence-corrected chi connectivity index (χ3v) is 4.69. The highest BCUT2D eigenvalue weighted by molar-refractivity contribution is 7.15. The highest BCUT2D eigenvalue weighted by Gasteiger charge is 2.10. The maximum absolute atomic E-state index is 12.9. The molecule has 0 radical (unpaired) electrons. The van der Waals surface area contributed by atoms with Crippen LogP contribution in [0.5, 0.6) is 0 Å². The first-order valence-electron chi connectivity index (χ1n) is 6.71. The van der Waals surface area contributed by atoms with Crippen LogP contribution in [0.3, 0.4) is 0 Å². The summed E-state index contributed by atoms with van der Waals surface area (Å²) in [6, 6.07) is 8.25. The van der Waals surface area contributed by atoms with Gasteiger partial charge in [0, 0.05) is 13.0 Å². The van der Waals surface area contributed by atoms with E-state index >= 15 is 0 Å². The number of benzene rings is 1. The SMILES string of the molecule is OC(CNc1nnc(Cc2ccc(F)cc2)s1)c1ccsc1. The number of nitrogens with one attached hydrogen (secondary N) is 1. The molecule has 2 heterocycles. The zero-order chi connectivity index (χ0) is 15.4. The zero-order valence-electron chi connectivity index (χ0n) is 11.6. The molecule has 0 bridgehead atoms. The van der Waals surface area contributed by atoms with Crippen LogP contribution in [0.4, 0.5) is 9.52 Å². The van der Waals surface area contributed by atoms with E-state index in [-0.39, 0.29) is 5.82 Å². The van der Waals surface area contributed by atoms with Gasteiger partial charge in [-0.05, 0) is 40.1 Å². The Bertz CT molecular complexity index is 713. The number of anilines is 1. The van der Waals surface area contributed by atoms with E-state index < -0.39 is 6.10 Å². The van der Waals surface area contributed by atoms with Crippen LogP contribution in [0.25, 0.3) is 0 Å². The van der Waals surface area contributed by atoms with Crippen molar-refractivity contribution in [3.8, 4) is 0 Å². The molecule has 3 aromatic rings. The van der Waals surface area contributed by atoms with Gasteiger partial charge in [0.2, 0.25) is 5.13 Å².